The summed E-state index contributed by atoms with van der Waals surface area (Å²) >= 11 is 0. The lowest BCUT2D eigenvalue weighted by Gasteiger charge is -1.95. The number of rotatable bonds is 3. The summed E-state index contributed by atoms with van der Waals surface area (Å²) in [5, 5.41) is 7.74. The molecule has 0 fully saturated rings. The van der Waals surface area contributed by atoms with Gasteiger partial charge in [-0.2, -0.15) is 5.10 Å². The number of hydrogen-bond donors (Lipinski definition) is 0. The van der Waals surface area contributed by atoms with E-state index in [4.69, 9.17) is 11.3 Å². The number of aryl methyl sites for hydroxylation is 2. The van der Waals surface area contributed by atoms with E-state index in [1.807, 2.05) is 14.0 Å². The van der Waals surface area contributed by atoms with Gasteiger partial charge in [-0.05, 0) is 12.5 Å². The molecule has 4 heteroatoms. The van der Waals surface area contributed by atoms with Gasteiger partial charge in [0.25, 0.3) is 0 Å². The van der Waals surface area contributed by atoms with E-state index in [0.717, 1.165) is 11.3 Å². The lowest BCUT2D eigenvalue weighted by Crippen LogP contribution is -1.98. The van der Waals surface area contributed by atoms with E-state index in [1.54, 1.807) is 17.1 Å². The standard InChI is InChI=1S/C9H11N3O/c1-4-5-13-11-7-9-8(2)6-10-12(9)3/h1,6-7H,5H2,2-3H3/b11-7+. The molecule has 1 aromatic rings. The van der Waals surface area contributed by atoms with Gasteiger partial charge in [-0.3, -0.25) is 4.68 Å². The minimum atomic E-state index is 0.188. The van der Waals surface area contributed by atoms with Crippen molar-refractivity contribution in [2.75, 3.05) is 6.61 Å². The lowest BCUT2D eigenvalue weighted by molar-refractivity contribution is 0.181. The highest BCUT2D eigenvalue weighted by atomic mass is 16.6. The van der Waals surface area contributed by atoms with Crippen molar-refractivity contribution in [3.05, 3.63) is 17.5 Å². The van der Waals surface area contributed by atoms with Gasteiger partial charge in [0.15, 0.2) is 6.61 Å². The smallest absolute Gasteiger partial charge is 0.177 e. The van der Waals surface area contributed by atoms with Crippen molar-refractivity contribution in [3.63, 3.8) is 0 Å². The van der Waals surface area contributed by atoms with Crippen LogP contribution in [0, 0.1) is 19.3 Å². The molecule has 0 aliphatic carbocycles. The molecular weight excluding hydrogens is 166 g/mol. The van der Waals surface area contributed by atoms with E-state index < -0.39 is 0 Å². The first kappa shape index (κ1) is 9.33. The van der Waals surface area contributed by atoms with Gasteiger partial charge in [0.1, 0.15) is 0 Å². The SMILES string of the molecule is C#CCO/N=C/c1c(C)cnn1C. The van der Waals surface area contributed by atoms with Gasteiger partial charge in [0, 0.05) is 7.05 Å². The molecule has 1 heterocycles. The molecule has 0 spiro atoms. The molecule has 0 unspecified atom stereocenters. The van der Waals surface area contributed by atoms with E-state index in [9.17, 15) is 0 Å². The van der Waals surface area contributed by atoms with Crippen molar-refractivity contribution in [2.45, 2.75) is 6.92 Å². The second kappa shape index (κ2) is 4.31. The van der Waals surface area contributed by atoms with E-state index in [1.165, 1.54) is 0 Å². The molecular formula is C9H11N3O. The molecule has 1 rings (SSSR count). The molecule has 13 heavy (non-hydrogen) atoms. The Labute approximate surface area is 77.2 Å². The number of terminal acetylenes is 1. The van der Waals surface area contributed by atoms with Crippen LogP contribution in [0.15, 0.2) is 11.4 Å². The summed E-state index contributed by atoms with van der Waals surface area (Å²) in [6.45, 7) is 2.14. The molecule has 0 bridgehead atoms. The van der Waals surface area contributed by atoms with Gasteiger partial charge in [-0.1, -0.05) is 11.1 Å². The molecule has 0 aliphatic rings. The topological polar surface area (TPSA) is 39.4 Å². The van der Waals surface area contributed by atoms with Crippen LogP contribution in [0.3, 0.4) is 0 Å². The zero-order valence-corrected chi connectivity index (χ0v) is 7.69. The maximum atomic E-state index is 4.98. The van der Waals surface area contributed by atoms with E-state index in [-0.39, 0.29) is 6.61 Å². The van der Waals surface area contributed by atoms with Gasteiger partial charge in [-0.15, -0.1) is 6.42 Å². The number of hydrogen-bond acceptors (Lipinski definition) is 3. The van der Waals surface area contributed by atoms with E-state index >= 15 is 0 Å². The predicted molar refractivity (Wildman–Crippen MR) is 50.3 cm³/mol. The van der Waals surface area contributed by atoms with Gasteiger partial charge < -0.3 is 4.84 Å². The maximum absolute atomic E-state index is 4.98. The first-order valence-electron chi connectivity index (χ1n) is 3.83. The first-order chi connectivity index (χ1) is 6.25. The van der Waals surface area contributed by atoms with Crippen LogP contribution < -0.4 is 0 Å². The monoisotopic (exact) mass is 177 g/mol. The molecule has 0 radical (unpaired) electrons. The summed E-state index contributed by atoms with van der Waals surface area (Å²) in [5.41, 5.74) is 1.97. The third-order valence-electron chi connectivity index (χ3n) is 1.57. The van der Waals surface area contributed by atoms with Crippen LogP contribution in [0.4, 0.5) is 0 Å². The van der Waals surface area contributed by atoms with Gasteiger partial charge >= 0.3 is 0 Å². The number of aromatic nitrogens is 2. The lowest BCUT2D eigenvalue weighted by atomic mass is 10.3. The summed E-state index contributed by atoms with van der Waals surface area (Å²) in [6.07, 6.45) is 8.34. The van der Waals surface area contributed by atoms with Crippen molar-refractivity contribution >= 4 is 6.21 Å². The molecule has 4 nitrogen and oxygen atoms in total. The van der Waals surface area contributed by atoms with Crippen LogP contribution in [0.25, 0.3) is 0 Å². The molecule has 0 amide bonds. The van der Waals surface area contributed by atoms with Crippen LogP contribution in [0.1, 0.15) is 11.3 Å². The maximum Gasteiger partial charge on any atom is 0.177 e. The zero-order valence-electron chi connectivity index (χ0n) is 7.69. The molecule has 1 aromatic heterocycles. The van der Waals surface area contributed by atoms with Gasteiger partial charge in [0.2, 0.25) is 0 Å². The predicted octanol–water partition coefficient (Wildman–Crippen LogP) is 0.712. The molecule has 68 valence electrons. The van der Waals surface area contributed by atoms with Crippen LogP contribution in [0.5, 0.6) is 0 Å². The average molecular weight is 177 g/mol. The second-order valence-corrected chi connectivity index (χ2v) is 2.55. The fourth-order valence-corrected chi connectivity index (χ4v) is 0.904. The second-order valence-electron chi connectivity index (χ2n) is 2.55. The molecule has 0 aromatic carbocycles. The van der Waals surface area contributed by atoms with Crippen LogP contribution in [0.2, 0.25) is 0 Å². The highest BCUT2D eigenvalue weighted by Gasteiger charge is 1.99. The summed E-state index contributed by atoms with van der Waals surface area (Å²) in [4.78, 5) is 4.76. The Morgan fingerprint density at radius 1 is 1.85 bits per heavy atom. The Morgan fingerprint density at radius 2 is 2.62 bits per heavy atom. The highest BCUT2D eigenvalue weighted by Crippen LogP contribution is 2.01. The number of oxime groups is 1. The summed E-state index contributed by atoms with van der Waals surface area (Å²) in [5.74, 6) is 2.32. The Bertz CT molecular complexity index is 327. The minimum Gasteiger partial charge on any atom is -0.383 e. The third-order valence-corrected chi connectivity index (χ3v) is 1.57. The van der Waals surface area contributed by atoms with Crippen LogP contribution in [-0.2, 0) is 11.9 Å². The summed E-state index contributed by atoms with van der Waals surface area (Å²) < 4.78 is 1.72. The fourth-order valence-electron chi connectivity index (χ4n) is 0.904. The van der Waals surface area contributed by atoms with Crippen molar-refractivity contribution in [1.29, 1.82) is 0 Å². The van der Waals surface area contributed by atoms with Crippen molar-refractivity contribution < 1.29 is 4.84 Å². The third kappa shape index (κ3) is 2.34. The quantitative estimate of drug-likeness (QED) is 0.295. The highest BCUT2D eigenvalue weighted by molar-refractivity contribution is 5.78. The van der Waals surface area contributed by atoms with Crippen molar-refractivity contribution in [3.8, 4) is 12.3 Å². The minimum absolute atomic E-state index is 0.188. The molecule has 0 N–H and O–H groups in total. The van der Waals surface area contributed by atoms with Crippen molar-refractivity contribution in [1.82, 2.24) is 9.78 Å². The molecule has 0 saturated heterocycles. The molecule has 0 saturated carbocycles. The average Bonchev–Trinajstić information content (AvgIpc) is 2.42. The fraction of sp³-hybridized carbons (Fsp3) is 0.333. The summed E-state index contributed by atoms with van der Waals surface area (Å²) in [7, 11) is 1.84. The van der Waals surface area contributed by atoms with Crippen LogP contribution >= 0.6 is 0 Å². The Morgan fingerprint density at radius 3 is 3.15 bits per heavy atom. The Hall–Kier alpha value is -1.76. The normalized spacial score (nSPS) is 10.2. The van der Waals surface area contributed by atoms with Gasteiger partial charge in [0.05, 0.1) is 18.1 Å². The Balaban J connectivity index is 2.63. The number of nitrogens with zero attached hydrogens (tertiary/aromatic N) is 3. The van der Waals surface area contributed by atoms with E-state index in [2.05, 4.69) is 16.2 Å². The zero-order chi connectivity index (χ0) is 9.68. The molecule has 0 aliphatic heterocycles. The largest absolute Gasteiger partial charge is 0.383 e. The summed E-state index contributed by atoms with van der Waals surface area (Å²) in [6, 6.07) is 0. The molecule has 0 atom stereocenters. The van der Waals surface area contributed by atoms with Crippen LogP contribution in [-0.4, -0.2) is 22.6 Å². The Kier molecular flexibility index (Phi) is 3.09. The van der Waals surface area contributed by atoms with Crippen molar-refractivity contribution in [2.24, 2.45) is 12.2 Å². The first-order valence-corrected chi connectivity index (χ1v) is 3.83. The van der Waals surface area contributed by atoms with E-state index in [0.29, 0.717) is 0 Å². The van der Waals surface area contributed by atoms with Gasteiger partial charge in [-0.25, -0.2) is 0 Å².